The number of aliphatic carboxylic acids is 1. The van der Waals surface area contributed by atoms with Crippen molar-refractivity contribution in [1.82, 2.24) is 9.80 Å². The van der Waals surface area contributed by atoms with E-state index in [1.807, 2.05) is 0 Å². The van der Waals surface area contributed by atoms with Crippen molar-refractivity contribution in [3.05, 3.63) is 0 Å². The molecule has 2 aliphatic rings. The van der Waals surface area contributed by atoms with E-state index in [4.69, 9.17) is 9.84 Å². The summed E-state index contributed by atoms with van der Waals surface area (Å²) in [5.41, 5.74) is 0. The third-order valence-electron chi connectivity index (χ3n) is 3.96. The molecular formula is C12H22N2O3. The van der Waals surface area contributed by atoms with Crippen LogP contribution in [-0.4, -0.2) is 72.4 Å². The first kappa shape index (κ1) is 12.8. The molecule has 0 aromatic heterocycles. The fourth-order valence-electron chi connectivity index (χ4n) is 2.70. The molecule has 98 valence electrons. The molecule has 0 aromatic rings. The fraction of sp³-hybridized carbons (Fsp3) is 0.917. The fourth-order valence-corrected chi connectivity index (χ4v) is 2.70. The van der Waals surface area contributed by atoms with E-state index in [0.717, 1.165) is 52.2 Å². The average molecular weight is 242 g/mol. The Morgan fingerprint density at radius 3 is 2.35 bits per heavy atom. The van der Waals surface area contributed by atoms with Crippen LogP contribution in [0.15, 0.2) is 0 Å². The molecule has 17 heavy (non-hydrogen) atoms. The van der Waals surface area contributed by atoms with Crippen molar-refractivity contribution >= 4 is 5.97 Å². The highest BCUT2D eigenvalue weighted by Crippen LogP contribution is 2.17. The molecular weight excluding hydrogens is 220 g/mol. The van der Waals surface area contributed by atoms with E-state index >= 15 is 0 Å². The number of carbonyl (C=O) groups is 1. The molecule has 1 N–H and O–H groups in total. The topological polar surface area (TPSA) is 53.0 Å². The monoisotopic (exact) mass is 242 g/mol. The predicted molar refractivity (Wildman–Crippen MR) is 64.1 cm³/mol. The second kappa shape index (κ2) is 5.80. The van der Waals surface area contributed by atoms with Gasteiger partial charge in [-0.15, -0.1) is 0 Å². The normalized spacial score (nSPS) is 26.9. The molecule has 2 aliphatic heterocycles. The van der Waals surface area contributed by atoms with Crippen molar-refractivity contribution in [2.24, 2.45) is 0 Å². The van der Waals surface area contributed by atoms with Crippen LogP contribution in [0.4, 0.5) is 0 Å². The van der Waals surface area contributed by atoms with E-state index in [0.29, 0.717) is 6.04 Å². The standard InChI is InChI=1S/C12H22N2O3/c1-10(12(15)16)13-4-6-14(7-5-13)11-2-8-17-9-3-11/h10-11H,2-9H2,1H3,(H,15,16)/t10-/m1/s1. The second-order valence-electron chi connectivity index (χ2n) is 4.93. The lowest BCUT2D eigenvalue weighted by Gasteiger charge is -2.41. The lowest BCUT2D eigenvalue weighted by molar-refractivity contribution is -0.143. The van der Waals surface area contributed by atoms with Gasteiger partial charge < -0.3 is 9.84 Å². The Morgan fingerprint density at radius 2 is 1.82 bits per heavy atom. The summed E-state index contributed by atoms with van der Waals surface area (Å²) in [5.74, 6) is -0.718. The Kier molecular flexibility index (Phi) is 4.36. The lowest BCUT2D eigenvalue weighted by atomic mass is 10.1. The van der Waals surface area contributed by atoms with E-state index in [2.05, 4.69) is 9.80 Å². The summed E-state index contributed by atoms with van der Waals surface area (Å²) < 4.78 is 5.37. The molecule has 0 aromatic carbocycles. The maximum Gasteiger partial charge on any atom is 0.320 e. The van der Waals surface area contributed by atoms with E-state index in [1.54, 1.807) is 6.92 Å². The molecule has 1 atom stereocenters. The molecule has 2 saturated heterocycles. The van der Waals surface area contributed by atoms with Gasteiger partial charge in [0.2, 0.25) is 0 Å². The van der Waals surface area contributed by atoms with Crippen LogP contribution >= 0.6 is 0 Å². The summed E-state index contributed by atoms with van der Waals surface area (Å²) in [6, 6.07) is 0.290. The second-order valence-corrected chi connectivity index (χ2v) is 4.93. The van der Waals surface area contributed by atoms with Crippen LogP contribution in [0.5, 0.6) is 0 Å². The number of rotatable bonds is 3. The summed E-state index contributed by atoms with van der Waals surface area (Å²) in [6.07, 6.45) is 2.24. The number of carboxylic acid groups (broad SMARTS) is 1. The van der Waals surface area contributed by atoms with Gasteiger partial charge in [-0.3, -0.25) is 14.6 Å². The van der Waals surface area contributed by atoms with Crippen LogP contribution in [0.1, 0.15) is 19.8 Å². The molecule has 0 amide bonds. The molecule has 2 rings (SSSR count). The lowest BCUT2D eigenvalue weighted by Crippen LogP contribution is -2.54. The number of carboxylic acids is 1. The third kappa shape index (κ3) is 3.18. The molecule has 0 spiro atoms. The summed E-state index contributed by atoms with van der Waals surface area (Å²) in [6.45, 7) is 7.22. The molecule has 0 unspecified atom stereocenters. The molecule has 5 nitrogen and oxygen atoms in total. The van der Waals surface area contributed by atoms with Gasteiger partial charge in [0.25, 0.3) is 0 Å². The van der Waals surface area contributed by atoms with Crippen LogP contribution in [0, 0.1) is 0 Å². The van der Waals surface area contributed by atoms with Gasteiger partial charge in [-0.25, -0.2) is 0 Å². The average Bonchev–Trinajstić information content (AvgIpc) is 2.39. The SMILES string of the molecule is C[C@H](C(=O)O)N1CCN(C2CCOCC2)CC1. The summed E-state index contributed by atoms with van der Waals surface area (Å²) in [4.78, 5) is 15.5. The third-order valence-corrected chi connectivity index (χ3v) is 3.96. The summed E-state index contributed by atoms with van der Waals surface area (Å²) in [5, 5.41) is 8.98. The predicted octanol–water partition coefficient (Wildman–Crippen LogP) is 0.256. The highest BCUT2D eigenvalue weighted by Gasteiger charge is 2.29. The molecule has 5 heteroatoms. The summed E-state index contributed by atoms with van der Waals surface area (Å²) >= 11 is 0. The quantitative estimate of drug-likeness (QED) is 0.769. The minimum Gasteiger partial charge on any atom is -0.480 e. The zero-order valence-electron chi connectivity index (χ0n) is 10.5. The Balaban J connectivity index is 1.79. The van der Waals surface area contributed by atoms with Crippen molar-refractivity contribution < 1.29 is 14.6 Å². The van der Waals surface area contributed by atoms with Gasteiger partial charge in [0, 0.05) is 45.4 Å². The van der Waals surface area contributed by atoms with Crippen molar-refractivity contribution in [2.45, 2.75) is 31.8 Å². The van der Waals surface area contributed by atoms with Crippen LogP contribution in [0.25, 0.3) is 0 Å². The zero-order valence-corrected chi connectivity index (χ0v) is 10.5. The summed E-state index contributed by atoms with van der Waals surface area (Å²) in [7, 11) is 0. The largest absolute Gasteiger partial charge is 0.480 e. The molecule has 0 radical (unpaired) electrons. The van der Waals surface area contributed by atoms with Gasteiger partial charge in [-0.2, -0.15) is 0 Å². The Bertz CT molecular complexity index is 258. The van der Waals surface area contributed by atoms with Gasteiger partial charge >= 0.3 is 5.97 Å². The first-order valence-electron chi connectivity index (χ1n) is 6.47. The van der Waals surface area contributed by atoms with E-state index in [-0.39, 0.29) is 6.04 Å². The maximum absolute atomic E-state index is 10.9. The highest BCUT2D eigenvalue weighted by atomic mass is 16.5. The van der Waals surface area contributed by atoms with Crippen LogP contribution in [0.3, 0.4) is 0 Å². The van der Waals surface area contributed by atoms with Gasteiger partial charge in [0.1, 0.15) is 6.04 Å². The van der Waals surface area contributed by atoms with E-state index < -0.39 is 5.97 Å². The molecule has 2 heterocycles. The molecule has 0 saturated carbocycles. The van der Waals surface area contributed by atoms with Crippen LogP contribution in [0.2, 0.25) is 0 Å². The smallest absolute Gasteiger partial charge is 0.320 e. The van der Waals surface area contributed by atoms with E-state index in [9.17, 15) is 4.79 Å². The van der Waals surface area contributed by atoms with Gasteiger partial charge in [0.05, 0.1) is 0 Å². The Labute approximate surface area is 102 Å². The zero-order chi connectivity index (χ0) is 12.3. The van der Waals surface area contributed by atoms with Crippen molar-refractivity contribution in [1.29, 1.82) is 0 Å². The molecule has 0 aliphatic carbocycles. The van der Waals surface area contributed by atoms with Crippen molar-refractivity contribution in [3.8, 4) is 0 Å². The van der Waals surface area contributed by atoms with Gasteiger partial charge in [0.15, 0.2) is 0 Å². The van der Waals surface area contributed by atoms with Crippen LogP contribution in [-0.2, 0) is 9.53 Å². The Hall–Kier alpha value is -0.650. The Morgan fingerprint density at radius 1 is 1.24 bits per heavy atom. The van der Waals surface area contributed by atoms with Crippen molar-refractivity contribution in [2.75, 3.05) is 39.4 Å². The number of piperazine rings is 1. The van der Waals surface area contributed by atoms with Gasteiger partial charge in [-0.1, -0.05) is 0 Å². The first-order chi connectivity index (χ1) is 8.18. The minimum absolute atomic E-state index is 0.355. The van der Waals surface area contributed by atoms with Crippen molar-refractivity contribution in [3.63, 3.8) is 0 Å². The number of ether oxygens (including phenoxy) is 1. The number of nitrogens with zero attached hydrogens (tertiary/aromatic N) is 2. The molecule has 0 bridgehead atoms. The number of hydrogen-bond acceptors (Lipinski definition) is 4. The van der Waals surface area contributed by atoms with Gasteiger partial charge in [-0.05, 0) is 19.8 Å². The van der Waals surface area contributed by atoms with Crippen LogP contribution < -0.4 is 0 Å². The molecule has 2 fully saturated rings. The maximum atomic E-state index is 10.9. The highest BCUT2D eigenvalue weighted by molar-refractivity contribution is 5.72. The number of hydrogen-bond donors (Lipinski definition) is 1. The first-order valence-corrected chi connectivity index (χ1v) is 6.47. The van der Waals surface area contributed by atoms with E-state index in [1.165, 1.54) is 0 Å². The minimum atomic E-state index is -0.718.